The Bertz CT molecular complexity index is 674. The van der Waals surface area contributed by atoms with Crippen molar-refractivity contribution in [1.29, 1.82) is 0 Å². The highest BCUT2D eigenvalue weighted by molar-refractivity contribution is 5.81. The molecular formula is C15H16N2. The molecular weight excluding hydrogens is 208 g/mol. The van der Waals surface area contributed by atoms with Gasteiger partial charge in [-0.05, 0) is 25.3 Å². The van der Waals surface area contributed by atoms with Gasteiger partial charge < -0.3 is 10.3 Å². The molecule has 2 nitrogen and oxygen atoms in total. The summed E-state index contributed by atoms with van der Waals surface area (Å²) in [7, 11) is 0. The summed E-state index contributed by atoms with van der Waals surface area (Å²) >= 11 is 0. The van der Waals surface area contributed by atoms with Crippen LogP contribution in [0.1, 0.15) is 6.92 Å². The monoisotopic (exact) mass is 224 g/mol. The predicted molar refractivity (Wildman–Crippen MR) is 74.6 cm³/mol. The van der Waals surface area contributed by atoms with Gasteiger partial charge in [-0.1, -0.05) is 37.4 Å². The van der Waals surface area contributed by atoms with Gasteiger partial charge in [0.25, 0.3) is 0 Å². The molecule has 1 heterocycles. The molecule has 0 radical (unpaired) electrons. The molecule has 0 spiro atoms. The third-order valence-corrected chi connectivity index (χ3v) is 2.71. The topological polar surface area (TPSA) is 27.8 Å². The van der Waals surface area contributed by atoms with Crippen molar-refractivity contribution in [3.8, 4) is 0 Å². The van der Waals surface area contributed by atoms with Gasteiger partial charge in [0.2, 0.25) is 0 Å². The molecule has 2 rings (SSSR count). The summed E-state index contributed by atoms with van der Waals surface area (Å²) < 4.78 is 0. The van der Waals surface area contributed by atoms with Crippen LogP contribution in [0.25, 0.3) is 23.6 Å². The second kappa shape index (κ2) is 4.74. The number of allylic oxidation sites excluding steroid dienone is 2. The molecule has 0 aliphatic heterocycles. The molecule has 1 aromatic carbocycles. The Kier molecular flexibility index (Phi) is 3.15. The highest BCUT2D eigenvalue weighted by atomic mass is 14.8. The fourth-order valence-electron chi connectivity index (χ4n) is 1.87. The maximum absolute atomic E-state index is 4.04. The molecule has 0 aliphatic rings. The van der Waals surface area contributed by atoms with Crippen molar-refractivity contribution in [2.24, 2.45) is 0 Å². The van der Waals surface area contributed by atoms with E-state index in [9.17, 15) is 0 Å². The largest absolute Gasteiger partial charge is 0.363 e. The first-order valence-corrected chi connectivity index (χ1v) is 5.57. The number of hydrogen-bond acceptors (Lipinski definition) is 1. The molecule has 0 saturated heterocycles. The van der Waals surface area contributed by atoms with Gasteiger partial charge in [-0.25, -0.2) is 0 Å². The van der Waals surface area contributed by atoms with Gasteiger partial charge >= 0.3 is 0 Å². The molecule has 2 heteroatoms. The van der Waals surface area contributed by atoms with Crippen LogP contribution < -0.4 is 15.9 Å². The van der Waals surface area contributed by atoms with Gasteiger partial charge in [0.05, 0.1) is 0 Å². The van der Waals surface area contributed by atoms with Gasteiger partial charge in [-0.15, -0.1) is 0 Å². The van der Waals surface area contributed by atoms with Crippen LogP contribution in [-0.2, 0) is 0 Å². The summed E-state index contributed by atoms with van der Waals surface area (Å²) in [5.41, 5.74) is 2.12. The van der Waals surface area contributed by atoms with Crippen LogP contribution in [0.3, 0.4) is 0 Å². The van der Waals surface area contributed by atoms with E-state index in [1.54, 1.807) is 6.20 Å². The second-order valence-corrected chi connectivity index (χ2v) is 3.80. The molecule has 1 aromatic heterocycles. The summed E-state index contributed by atoms with van der Waals surface area (Å²) in [4.78, 5) is 3.28. The highest BCUT2D eigenvalue weighted by Gasteiger charge is 1.98. The average Bonchev–Trinajstić information content (AvgIpc) is 2.65. The standard InChI is InChI=1S/C15H16N2/c1-4-12(16-5-2)10-14-11(3)17-15-9-7-6-8-13(14)15/h4-10,16-17H,2-3H2,1H3/b12-4-,14-10+. The van der Waals surface area contributed by atoms with Gasteiger partial charge in [-0.3, -0.25) is 0 Å². The van der Waals surface area contributed by atoms with Gasteiger partial charge in [0.1, 0.15) is 0 Å². The first kappa shape index (κ1) is 11.3. The van der Waals surface area contributed by atoms with Crippen LogP contribution in [0.4, 0.5) is 0 Å². The van der Waals surface area contributed by atoms with Gasteiger partial charge in [-0.2, -0.15) is 0 Å². The zero-order chi connectivity index (χ0) is 12.3. The molecule has 2 N–H and O–H groups in total. The van der Waals surface area contributed by atoms with Crippen LogP contribution in [0.2, 0.25) is 0 Å². The van der Waals surface area contributed by atoms with E-state index < -0.39 is 0 Å². The van der Waals surface area contributed by atoms with Crippen LogP contribution in [-0.4, -0.2) is 4.98 Å². The third-order valence-electron chi connectivity index (χ3n) is 2.71. The van der Waals surface area contributed by atoms with Crippen molar-refractivity contribution >= 4 is 23.6 Å². The van der Waals surface area contributed by atoms with Gasteiger partial charge in [0, 0.05) is 27.2 Å². The van der Waals surface area contributed by atoms with E-state index in [4.69, 9.17) is 0 Å². The van der Waals surface area contributed by atoms with E-state index in [-0.39, 0.29) is 0 Å². The quantitative estimate of drug-likeness (QED) is 0.820. The van der Waals surface area contributed by atoms with E-state index in [2.05, 4.69) is 41.7 Å². The molecule has 0 saturated carbocycles. The minimum absolute atomic E-state index is 0.927. The Hall–Kier alpha value is -2.22. The average molecular weight is 224 g/mol. The molecule has 86 valence electrons. The number of H-pyrrole nitrogens is 1. The molecule has 0 aliphatic carbocycles. The Balaban J connectivity index is 2.70. The lowest BCUT2D eigenvalue weighted by atomic mass is 10.2. The fourth-order valence-corrected chi connectivity index (χ4v) is 1.87. The number of aromatic amines is 1. The molecule has 17 heavy (non-hydrogen) atoms. The third kappa shape index (κ3) is 2.16. The van der Waals surface area contributed by atoms with Gasteiger partial charge in [0.15, 0.2) is 0 Å². The van der Waals surface area contributed by atoms with E-state index in [0.717, 1.165) is 21.8 Å². The van der Waals surface area contributed by atoms with E-state index >= 15 is 0 Å². The number of fused-ring (bicyclic) bond motifs is 1. The maximum Gasteiger partial charge on any atom is 0.0464 e. The number of rotatable bonds is 3. The Morgan fingerprint density at radius 2 is 2.12 bits per heavy atom. The summed E-state index contributed by atoms with van der Waals surface area (Å²) in [6.45, 7) is 9.69. The first-order valence-electron chi connectivity index (χ1n) is 5.57. The number of nitrogens with one attached hydrogen (secondary N) is 2. The highest BCUT2D eigenvalue weighted by Crippen LogP contribution is 2.04. The fraction of sp³-hybridized carbons (Fsp3) is 0.0667. The van der Waals surface area contributed by atoms with Crippen molar-refractivity contribution < 1.29 is 0 Å². The van der Waals surface area contributed by atoms with Crippen LogP contribution >= 0.6 is 0 Å². The minimum atomic E-state index is 0.927. The maximum atomic E-state index is 4.04. The van der Waals surface area contributed by atoms with E-state index in [1.807, 2.05) is 25.1 Å². The lowest BCUT2D eigenvalue weighted by Gasteiger charge is -1.98. The normalized spacial score (nSPS) is 13.0. The lowest BCUT2D eigenvalue weighted by molar-refractivity contribution is 1.13. The number of hydrogen-bond donors (Lipinski definition) is 2. The molecule has 2 aromatic rings. The van der Waals surface area contributed by atoms with Crippen molar-refractivity contribution in [3.05, 3.63) is 59.4 Å². The van der Waals surface area contributed by atoms with Crippen LogP contribution in [0, 0.1) is 0 Å². The predicted octanol–water partition coefficient (Wildman–Crippen LogP) is 2.00. The second-order valence-electron chi connectivity index (χ2n) is 3.80. The van der Waals surface area contributed by atoms with E-state index in [0.29, 0.717) is 0 Å². The van der Waals surface area contributed by atoms with Crippen molar-refractivity contribution in [2.75, 3.05) is 0 Å². The van der Waals surface area contributed by atoms with Crippen LogP contribution in [0.15, 0.2) is 48.8 Å². The minimum Gasteiger partial charge on any atom is -0.363 e. The Morgan fingerprint density at radius 3 is 2.82 bits per heavy atom. The molecule has 0 atom stereocenters. The van der Waals surface area contributed by atoms with Crippen LogP contribution in [0.5, 0.6) is 0 Å². The zero-order valence-corrected chi connectivity index (χ0v) is 9.96. The van der Waals surface area contributed by atoms with Crippen molar-refractivity contribution in [2.45, 2.75) is 6.92 Å². The number of benzene rings is 1. The SMILES string of the molecule is C=CNC(=C\C)/C=c1\c(=C)[nH]c2ccccc12. The molecule has 0 fully saturated rings. The summed E-state index contributed by atoms with van der Waals surface area (Å²) in [5, 5.41) is 6.31. The zero-order valence-electron chi connectivity index (χ0n) is 9.96. The molecule has 0 unspecified atom stereocenters. The summed E-state index contributed by atoms with van der Waals surface area (Å²) in [5.74, 6) is 0. The Morgan fingerprint density at radius 1 is 1.35 bits per heavy atom. The van der Waals surface area contributed by atoms with Crippen molar-refractivity contribution in [1.82, 2.24) is 10.3 Å². The van der Waals surface area contributed by atoms with E-state index in [1.165, 1.54) is 5.39 Å². The summed E-state index contributed by atoms with van der Waals surface area (Å²) in [6.07, 6.45) is 5.75. The lowest BCUT2D eigenvalue weighted by Crippen LogP contribution is -2.22. The number of para-hydroxylation sites is 1. The smallest absolute Gasteiger partial charge is 0.0464 e. The molecule has 0 amide bonds. The number of aromatic nitrogens is 1. The first-order chi connectivity index (χ1) is 8.26. The van der Waals surface area contributed by atoms with Crippen molar-refractivity contribution in [3.63, 3.8) is 0 Å². The Labute approximate surface area is 101 Å². The summed E-state index contributed by atoms with van der Waals surface area (Å²) in [6, 6.07) is 8.19. The molecule has 0 bridgehead atoms.